The lowest BCUT2D eigenvalue weighted by atomic mass is 9.69. The fourth-order valence-electron chi connectivity index (χ4n) is 4.39. The Bertz CT molecular complexity index is 338. The molecule has 0 radical (unpaired) electrons. The van der Waals surface area contributed by atoms with Crippen molar-refractivity contribution in [2.75, 3.05) is 0 Å². The maximum absolute atomic E-state index is 3.39. The molecular formula is C20H32. The van der Waals surface area contributed by atoms with Crippen LogP contribution in [-0.4, -0.2) is 0 Å². The molecular weight excluding hydrogens is 240 g/mol. The maximum Gasteiger partial charge on any atom is 0.0203 e. The fourth-order valence-corrected chi connectivity index (χ4v) is 4.39. The van der Waals surface area contributed by atoms with E-state index in [9.17, 15) is 0 Å². The molecule has 0 N–H and O–H groups in total. The zero-order chi connectivity index (χ0) is 14.2. The molecule has 2 aliphatic rings. The molecule has 2 aliphatic carbocycles. The van der Waals surface area contributed by atoms with Crippen molar-refractivity contribution >= 4 is 0 Å². The average Bonchev–Trinajstić information content (AvgIpc) is 2.49. The minimum absolute atomic E-state index is 0.716. The predicted molar refractivity (Wildman–Crippen MR) is 88.4 cm³/mol. The van der Waals surface area contributed by atoms with Crippen molar-refractivity contribution in [1.29, 1.82) is 0 Å². The van der Waals surface area contributed by atoms with Gasteiger partial charge in [0.05, 0.1) is 0 Å². The SMILES string of the molecule is CC#C[C@H]1CC[C@H]([C@H]2CC[C@H](CC/C=C/C)CC2)CC1. The van der Waals surface area contributed by atoms with Crippen molar-refractivity contribution < 1.29 is 0 Å². The van der Waals surface area contributed by atoms with Gasteiger partial charge in [-0.25, -0.2) is 0 Å². The van der Waals surface area contributed by atoms with Gasteiger partial charge in [-0.15, -0.1) is 11.8 Å². The first-order valence-electron chi connectivity index (χ1n) is 8.87. The van der Waals surface area contributed by atoms with E-state index in [0.717, 1.165) is 17.8 Å². The van der Waals surface area contributed by atoms with E-state index in [2.05, 4.69) is 30.9 Å². The molecule has 2 saturated carbocycles. The Kier molecular flexibility index (Phi) is 6.71. The van der Waals surface area contributed by atoms with Crippen molar-refractivity contribution in [2.45, 2.75) is 78.1 Å². The molecule has 2 fully saturated rings. The average molecular weight is 272 g/mol. The Labute approximate surface area is 126 Å². The zero-order valence-corrected chi connectivity index (χ0v) is 13.5. The Morgan fingerprint density at radius 2 is 1.50 bits per heavy atom. The third-order valence-electron chi connectivity index (χ3n) is 5.66. The zero-order valence-electron chi connectivity index (χ0n) is 13.5. The largest absolute Gasteiger partial charge is 0.106 e. The van der Waals surface area contributed by atoms with E-state index in [4.69, 9.17) is 0 Å². The van der Waals surface area contributed by atoms with E-state index in [1.54, 1.807) is 0 Å². The highest BCUT2D eigenvalue weighted by Gasteiger charge is 2.30. The summed E-state index contributed by atoms with van der Waals surface area (Å²) in [6.45, 7) is 4.12. The van der Waals surface area contributed by atoms with E-state index < -0.39 is 0 Å². The summed E-state index contributed by atoms with van der Waals surface area (Å²) in [5.41, 5.74) is 0. The second-order valence-corrected chi connectivity index (χ2v) is 6.93. The van der Waals surface area contributed by atoms with Crippen LogP contribution in [0.3, 0.4) is 0 Å². The van der Waals surface area contributed by atoms with Crippen LogP contribution in [0.1, 0.15) is 78.1 Å². The van der Waals surface area contributed by atoms with Crippen LogP contribution < -0.4 is 0 Å². The minimum Gasteiger partial charge on any atom is -0.106 e. The molecule has 0 heterocycles. The first kappa shape index (κ1) is 15.7. The molecule has 0 aromatic rings. The van der Waals surface area contributed by atoms with Crippen LogP contribution in [0.2, 0.25) is 0 Å². The van der Waals surface area contributed by atoms with E-state index in [0.29, 0.717) is 5.92 Å². The topological polar surface area (TPSA) is 0 Å². The monoisotopic (exact) mass is 272 g/mol. The highest BCUT2D eigenvalue weighted by molar-refractivity contribution is 5.02. The van der Waals surface area contributed by atoms with Crippen molar-refractivity contribution in [1.82, 2.24) is 0 Å². The summed E-state index contributed by atoms with van der Waals surface area (Å²) >= 11 is 0. The summed E-state index contributed by atoms with van der Waals surface area (Å²) in [6, 6.07) is 0. The van der Waals surface area contributed by atoms with Gasteiger partial charge in [0, 0.05) is 5.92 Å². The Hall–Kier alpha value is -0.700. The molecule has 0 nitrogen and oxygen atoms in total. The minimum atomic E-state index is 0.716. The first-order chi connectivity index (χ1) is 9.83. The van der Waals surface area contributed by atoms with Gasteiger partial charge in [-0.2, -0.15) is 0 Å². The normalized spacial score (nSPS) is 34.7. The van der Waals surface area contributed by atoms with Gasteiger partial charge in [-0.1, -0.05) is 25.0 Å². The van der Waals surface area contributed by atoms with Gasteiger partial charge in [0.25, 0.3) is 0 Å². The summed E-state index contributed by atoms with van der Waals surface area (Å²) in [4.78, 5) is 0. The van der Waals surface area contributed by atoms with Gasteiger partial charge in [0.15, 0.2) is 0 Å². The molecule has 0 spiro atoms. The van der Waals surface area contributed by atoms with Crippen molar-refractivity contribution in [3.05, 3.63) is 12.2 Å². The lowest BCUT2D eigenvalue weighted by Crippen LogP contribution is -2.25. The second kappa shape index (κ2) is 8.56. The standard InChI is InChI=1S/C20H32/c1-3-5-6-8-18-11-15-20(16-12-18)19-13-9-17(7-4-2)10-14-19/h3,5,17-20H,6,8-16H2,1-2H3/b5-3+/t17-,18-,19-,20-. The molecule has 0 atom stereocenters. The molecule has 0 saturated heterocycles. The lowest BCUT2D eigenvalue weighted by Gasteiger charge is -2.37. The van der Waals surface area contributed by atoms with Crippen LogP contribution >= 0.6 is 0 Å². The lowest BCUT2D eigenvalue weighted by molar-refractivity contribution is 0.154. The quantitative estimate of drug-likeness (QED) is 0.436. The van der Waals surface area contributed by atoms with Gasteiger partial charge < -0.3 is 0 Å². The predicted octanol–water partition coefficient (Wildman–Crippen LogP) is 5.98. The Balaban J connectivity index is 1.67. The van der Waals surface area contributed by atoms with Crippen LogP contribution in [0.4, 0.5) is 0 Å². The second-order valence-electron chi connectivity index (χ2n) is 6.93. The summed E-state index contributed by atoms with van der Waals surface area (Å²) in [6.07, 6.45) is 18.9. The van der Waals surface area contributed by atoms with Crippen LogP contribution in [0.25, 0.3) is 0 Å². The summed E-state index contributed by atoms with van der Waals surface area (Å²) in [5, 5.41) is 0. The van der Waals surface area contributed by atoms with E-state index in [1.165, 1.54) is 64.2 Å². The Morgan fingerprint density at radius 1 is 0.900 bits per heavy atom. The van der Waals surface area contributed by atoms with Crippen molar-refractivity contribution in [3.63, 3.8) is 0 Å². The molecule has 112 valence electrons. The van der Waals surface area contributed by atoms with E-state index in [1.807, 2.05) is 6.92 Å². The molecule has 0 aliphatic heterocycles. The molecule has 0 aromatic carbocycles. The third kappa shape index (κ3) is 4.69. The number of rotatable bonds is 4. The summed E-state index contributed by atoms with van der Waals surface area (Å²) < 4.78 is 0. The van der Waals surface area contributed by atoms with Gasteiger partial charge >= 0.3 is 0 Å². The van der Waals surface area contributed by atoms with Crippen molar-refractivity contribution in [2.24, 2.45) is 23.7 Å². The summed E-state index contributed by atoms with van der Waals surface area (Å²) in [5.74, 6) is 10.3. The molecule has 2 rings (SSSR count). The van der Waals surface area contributed by atoms with Gasteiger partial charge in [0.2, 0.25) is 0 Å². The molecule has 0 heteroatoms. The van der Waals surface area contributed by atoms with E-state index >= 15 is 0 Å². The molecule has 20 heavy (non-hydrogen) atoms. The summed E-state index contributed by atoms with van der Waals surface area (Å²) in [7, 11) is 0. The Morgan fingerprint density at radius 3 is 2.05 bits per heavy atom. The highest BCUT2D eigenvalue weighted by atomic mass is 14.3. The third-order valence-corrected chi connectivity index (χ3v) is 5.66. The van der Waals surface area contributed by atoms with Gasteiger partial charge in [-0.05, 0) is 83.0 Å². The van der Waals surface area contributed by atoms with E-state index in [-0.39, 0.29) is 0 Å². The van der Waals surface area contributed by atoms with Crippen LogP contribution in [-0.2, 0) is 0 Å². The fraction of sp³-hybridized carbons (Fsp3) is 0.800. The smallest absolute Gasteiger partial charge is 0.0203 e. The van der Waals surface area contributed by atoms with Crippen LogP contribution in [0.5, 0.6) is 0 Å². The molecule has 0 unspecified atom stereocenters. The maximum atomic E-state index is 3.39. The van der Waals surface area contributed by atoms with Crippen LogP contribution in [0.15, 0.2) is 12.2 Å². The molecule has 0 bridgehead atoms. The molecule has 0 amide bonds. The molecule has 0 aromatic heterocycles. The number of allylic oxidation sites excluding steroid dienone is 2. The van der Waals surface area contributed by atoms with Gasteiger partial charge in [-0.3, -0.25) is 0 Å². The number of hydrogen-bond acceptors (Lipinski definition) is 0. The van der Waals surface area contributed by atoms with Crippen LogP contribution in [0, 0.1) is 35.5 Å². The first-order valence-corrected chi connectivity index (χ1v) is 8.87. The number of hydrogen-bond donors (Lipinski definition) is 0. The van der Waals surface area contributed by atoms with Crippen molar-refractivity contribution in [3.8, 4) is 11.8 Å². The highest BCUT2D eigenvalue weighted by Crippen LogP contribution is 2.42. The van der Waals surface area contributed by atoms with Gasteiger partial charge in [0.1, 0.15) is 0 Å².